The van der Waals surface area contributed by atoms with Crippen LogP contribution >= 0.6 is 23.5 Å². The van der Waals surface area contributed by atoms with Crippen molar-refractivity contribution in [2.24, 2.45) is 5.92 Å². The van der Waals surface area contributed by atoms with Gasteiger partial charge in [0.1, 0.15) is 5.50 Å². The van der Waals surface area contributed by atoms with Gasteiger partial charge in [-0.1, -0.05) is 0 Å². The molecule has 9 heteroatoms. The molecule has 1 saturated carbocycles. The molecule has 0 aromatic heterocycles. The highest BCUT2D eigenvalue weighted by Gasteiger charge is 2.38. The zero-order chi connectivity index (χ0) is 16.2. The third kappa shape index (κ3) is 4.53. The lowest BCUT2D eigenvalue weighted by molar-refractivity contribution is -0.0710. The van der Waals surface area contributed by atoms with Crippen molar-refractivity contribution in [1.29, 1.82) is 0 Å². The largest absolute Gasteiger partial charge is 0.379 e. The molecule has 0 aromatic carbocycles. The van der Waals surface area contributed by atoms with Gasteiger partial charge in [-0.25, -0.2) is 10.4 Å². The van der Waals surface area contributed by atoms with Crippen molar-refractivity contribution in [3.8, 4) is 0 Å². The van der Waals surface area contributed by atoms with E-state index in [1.807, 2.05) is 23.8 Å². The molecule has 0 radical (unpaired) electrons. The molecule has 1 aliphatic carbocycles. The van der Waals surface area contributed by atoms with Gasteiger partial charge < -0.3 is 14.8 Å². The van der Waals surface area contributed by atoms with Crippen LogP contribution in [0.3, 0.4) is 0 Å². The first-order valence-electron chi connectivity index (χ1n) is 8.25. The summed E-state index contributed by atoms with van der Waals surface area (Å²) in [5, 5.41) is 6.43. The third-order valence-corrected chi connectivity index (χ3v) is 7.74. The molecule has 0 amide bonds. The van der Waals surface area contributed by atoms with Gasteiger partial charge >= 0.3 is 0 Å². The van der Waals surface area contributed by atoms with Crippen LogP contribution in [0.2, 0.25) is 0 Å². The number of nitrogens with one attached hydrogen (secondary N) is 4. The van der Waals surface area contributed by atoms with Gasteiger partial charge in [0.05, 0.1) is 17.6 Å². The van der Waals surface area contributed by atoms with Crippen molar-refractivity contribution in [3.05, 3.63) is 0 Å². The second-order valence-electron chi connectivity index (χ2n) is 6.42. The minimum Gasteiger partial charge on any atom is -0.379 e. The standard InChI is InChI=1S/C14H29N5O2S2/c1-19-14(16-17-18-19)23-8-10-7-22-13(15-10)9-4-5-11(20-2)12(6-9)21-3/h9-18H,4-8H2,1-3H3. The fourth-order valence-corrected chi connectivity index (χ4v) is 6.20. The van der Waals surface area contributed by atoms with Gasteiger partial charge in [0.15, 0.2) is 0 Å². The Kier molecular flexibility index (Phi) is 6.88. The minimum atomic E-state index is 0.239. The lowest BCUT2D eigenvalue weighted by atomic mass is 9.84. The number of rotatable bonds is 6. The predicted octanol–water partition coefficient (Wildman–Crippen LogP) is 0.324. The van der Waals surface area contributed by atoms with Crippen molar-refractivity contribution in [2.45, 2.75) is 48.4 Å². The Morgan fingerprint density at radius 3 is 2.74 bits per heavy atom. The van der Waals surface area contributed by atoms with E-state index in [9.17, 15) is 0 Å². The molecule has 6 atom stereocenters. The zero-order valence-corrected chi connectivity index (χ0v) is 15.7. The van der Waals surface area contributed by atoms with E-state index < -0.39 is 0 Å². The molecule has 0 aromatic rings. The van der Waals surface area contributed by atoms with Crippen LogP contribution in [-0.2, 0) is 9.47 Å². The van der Waals surface area contributed by atoms with Gasteiger partial charge in [0.2, 0.25) is 0 Å². The Labute approximate surface area is 147 Å². The first kappa shape index (κ1) is 18.2. The first-order valence-corrected chi connectivity index (χ1v) is 10.3. The van der Waals surface area contributed by atoms with E-state index in [0.29, 0.717) is 17.3 Å². The topological polar surface area (TPSA) is 69.8 Å². The number of hydrazine groups is 3. The maximum Gasteiger partial charge on any atom is 0.135 e. The monoisotopic (exact) mass is 363 g/mol. The third-order valence-electron chi connectivity index (χ3n) is 4.92. The zero-order valence-electron chi connectivity index (χ0n) is 14.1. The average Bonchev–Trinajstić information content (AvgIpc) is 3.21. The summed E-state index contributed by atoms with van der Waals surface area (Å²) in [4.78, 5) is 0. The van der Waals surface area contributed by atoms with Crippen LogP contribution in [0.5, 0.6) is 0 Å². The molecule has 134 valence electrons. The molecule has 0 bridgehead atoms. The summed E-state index contributed by atoms with van der Waals surface area (Å²) in [6.45, 7) is 0. The van der Waals surface area contributed by atoms with E-state index in [2.05, 4.69) is 33.6 Å². The summed E-state index contributed by atoms with van der Waals surface area (Å²) in [5.74, 6) is 2.98. The van der Waals surface area contributed by atoms with Crippen molar-refractivity contribution < 1.29 is 9.47 Å². The maximum atomic E-state index is 5.64. The maximum absolute atomic E-state index is 5.64. The van der Waals surface area contributed by atoms with E-state index in [-0.39, 0.29) is 17.7 Å². The fourth-order valence-electron chi connectivity index (χ4n) is 3.54. The normalized spacial score (nSPS) is 42.4. The van der Waals surface area contributed by atoms with Crippen LogP contribution < -0.4 is 21.8 Å². The van der Waals surface area contributed by atoms with E-state index in [4.69, 9.17) is 9.47 Å². The highest BCUT2D eigenvalue weighted by atomic mass is 32.2. The van der Waals surface area contributed by atoms with Crippen molar-refractivity contribution >= 4 is 23.5 Å². The molecule has 0 spiro atoms. The van der Waals surface area contributed by atoms with Crippen LogP contribution in [0.25, 0.3) is 0 Å². The number of methoxy groups -OCH3 is 2. The Morgan fingerprint density at radius 2 is 2.04 bits per heavy atom. The molecule has 3 aliphatic rings. The van der Waals surface area contributed by atoms with E-state index >= 15 is 0 Å². The van der Waals surface area contributed by atoms with Gasteiger partial charge in [0.25, 0.3) is 0 Å². The molecule has 2 saturated heterocycles. The van der Waals surface area contributed by atoms with E-state index in [1.54, 1.807) is 14.2 Å². The summed E-state index contributed by atoms with van der Waals surface area (Å²) in [6, 6.07) is 0.576. The SMILES string of the molecule is COC1CCC(C2NC(CSC3NNNN3C)CS2)CC1OC. The molecule has 7 nitrogen and oxygen atoms in total. The summed E-state index contributed by atoms with van der Waals surface area (Å²) in [5.41, 5.74) is 9.43. The Hall–Kier alpha value is 0.420. The van der Waals surface area contributed by atoms with E-state index in [0.717, 1.165) is 18.6 Å². The molecule has 3 fully saturated rings. The predicted molar refractivity (Wildman–Crippen MR) is 95.5 cm³/mol. The second kappa shape index (κ2) is 8.68. The number of nitrogens with zero attached hydrogens (tertiary/aromatic N) is 1. The minimum absolute atomic E-state index is 0.239. The smallest absolute Gasteiger partial charge is 0.135 e. The Bertz CT molecular complexity index is 381. The highest BCUT2D eigenvalue weighted by Crippen LogP contribution is 2.37. The van der Waals surface area contributed by atoms with Crippen LogP contribution in [0.15, 0.2) is 0 Å². The summed E-state index contributed by atoms with van der Waals surface area (Å²) in [6.07, 6.45) is 3.93. The molecule has 6 unspecified atom stereocenters. The lowest BCUT2D eigenvalue weighted by Crippen LogP contribution is -2.44. The molecule has 3 rings (SSSR count). The molecule has 4 N–H and O–H groups in total. The van der Waals surface area contributed by atoms with Crippen LogP contribution in [-0.4, -0.2) is 66.9 Å². The highest BCUT2D eigenvalue weighted by molar-refractivity contribution is 8.01. The van der Waals surface area contributed by atoms with Crippen molar-refractivity contribution in [2.75, 3.05) is 32.8 Å². The Morgan fingerprint density at radius 1 is 1.22 bits per heavy atom. The van der Waals surface area contributed by atoms with Gasteiger partial charge in [0, 0.05) is 38.8 Å². The van der Waals surface area contributed by atoms with Gasteiger partial charge in [-0.15, -0.1) is 23.5 Å². The fraction of sp³-hybridized carbons (Fsp3) is 1.00. The van der Waals surface area contributed by atoms with Gasteiger partial charge in [-0.3, -0.25) is 0 Å². The van der Waals surface area contributed by atoms with E-state index in [1.165, 1.54) is 12.2 Å². The molecule has 23 heavy (non-hydrogen) atoms. The molecule has 2 aliphatic heterocycles. The van der Waals surface area contributed by atoms with Crippen molar-refractivity contribution in [1.82, 2.24) is 26.8 Å². The van der Waals surface area contributed by atoms with Crippen LogP contribution in [0.1, 0.15) is 19.3 Å². The average molecular weight is 364 g/mol. The van der Waals surface area contributed by atoms with Crippen LogP contribution in [0.4, 0.5) is 0 Å². The number of hydrogen-bond donors (Lipinski definition) is 4. The molecular weight excluding hydrogens is 334 g/mol. The van der Waals surface area contributed by atoms with Crippen LogP contribution in [0, 0.1) is 5.92 Å². The first-order chi connectivity index (χ1) is 11.2. The van der Waals surface area contributed by atoms with Gasteiger partial charge in [-0.2, -0.15) is 11.1 Å². The summed E-state index contributed by atoms with van der Waals surface area (Å²) in [7, 11) is 5.63. The second-order valence-corrected chi connectivity index (χ2v) is 8.70. The molecular formula is C14H29N5O2S2. The Balaban J connectivity index is 1.42. The lowest BCUT2D eigenvalue weighted by Gasteiger charge is -2.36. The summed E-state index contributed by atoms with van der Waals surface area (Å²) < 4.78 is 11.2. The quantitative estimate of drug-likeness (QED) is 0.534. The number of thioether (sulfide) groups is 2. The van der Waals surface area contributed by atoms with Crippen molar-refractivity contribution in [3.63, 3.8) is 0 Å². The number of hydrogen-bond acceptors (Lipinski definition) is 9. The number of ether oxygens (including phenoxy) is 2. The summed E-state index contributed by atoms with van der Waals surface area (Å²) >= 11 is 3.99. The van der Waals surface area contributed by atoms with Gasteiger partial charge in [-0.05, 0) is 25.2 Å². The molecule has 2 heterocycles.